The van der Waals surface area contributed by atoms with Crippen molar-refractivity contribution in [2.24, 2.45) is 0 Å². The quantitative estimate of drug-likeness (QED) is 0.320. The Balaban J connectivity index is 3.71. The molecule has 1 heteroatoms. The molecule has 0 saturated carbocycles. The SMILES string of the molecule is CC=CC/C(C=O)=C\C. The molecule has 0 aromatic heterocycles. The molecular formula is C8H12O. The molecular weight excluding hydrogens is 112 g/mol. The minimum Gasteiger partial charge on any atom is -0.298 e. The van der Waals surface area contributed by atoms with Gasteiger partial charge in [0.1, 0.15) is 6.29 Å². The molecule has 0 aliphatic heterocycles. The van der Waals surface area contributed by atoms with Gasteiger partial charge in [-0.3, -0.25) is 4.79 Å². The Bertz CT molecular complexity index is 132. The molecule has 0 rings (SSSR count). The van der Waals surface area contributed by atoms with Crippen molar-refractivity contribution in [3.05, 3.63) is 23.8 Å². The number of allylic oxidation sites excluding steroid dienone is 4. The predicted octanol–water partition coefficient (Wildman–Crippen LogP) is 2.10. The molecule has 0 spiro atoms. The van der Waals surface area contributed by atoms with Gasteiger partial charge in [-0.25, -0.2) is 0 Å². The summed E-state index contributed by atoms with van der Waals surface area (Å²) in [5.41, 5.74) is 0.841. The van der Waals surface area contributed by atoms with E-state index in [1.807, 2.05) is 32.1 Å². The molecule has 0 N–H and O–H groups in total. The summed E-state index contributed by atoms with van der Waals surface area (Å²) in [4.78, 5) is 10.1. The molecule has 0 aromatic rings. The minimum absolute atomic E-state index is 0.760. The fraction of sp³-hybridized carbons (Fsp3) is 0.375. The second-order valence-corrected chi connectivity index (χ2v) is 1.75. The topological polar surface area (TPSA) is 17.1 Å². The van der Waals surface area contributed by atoms with E-state index in [1.165, 1.54) is 0 Å². The van der Waals surface area contributed by atoms with Crippen LogP contribution in [-0.2, 0) is 4.79 Å². The monoisotopic (exact) mass is 124 g/mol. The Kier molecular flexibility index (Phi) is 4.79. The van der Waals surface area contributed by atoms with Gasteiger partial charge in [0.2, 0.25) is 0 Å². The Morgan fingerprint density at radius 1 is 1.44 bits per heavy atom. The molecule has 0 bridgehead atoms. The van der Waals surface area contributed by atoms with E-state index in [-0.39, 0.29) is 0 Å². The molecule has 0 radical (unpaired) electrons. The highest BCUT2D eigenvalue weighted by molar-refractivity contribution is 5.73. The highest BCUT2D eigenvalue weighted by atomic mass is 16.1. The summed E-state index contributed by atoms with van der Waals surface area (Å²) in [6.45, 7) is 3.81. The van der Waals surface area contributed by atoms with Gasteiger partial charge in [0.25, 0.3) is 0 Å². The maximum absolute atomic E-state index is 10.1. The van der Waals surface area contributed by atoms with Gasteiger partial charge in [0, 0.05) is 0 Å². The van der Waals surface area contributed by atoms with E-state index in [4.69, 9.17) is 0 Å². The van der Waals surface area contributed by atoms with Crippen LogP contribution in [0.25, 0.3) is 0 Å². The Morgan fingerprint density at radius 3 is 2.44 bits per heavy atom. The molecule has 0 saturated heterocycles. The van der Waals surface area contributed by atoms with E-state index in [1.54, 1.807) is 0 Å². The van der Waals surface area contributed by atoms with E-state index in [0.29, 0.717) is 0 Å². The first-order chi connectivity index (χ1) is 4.35. The molecule has 0 aliphatic carbocycles. The van der Waals surface area contributed by atoms with Crippen molar-refractivity contribution in [2.75, 3.05) is 0 Å². The third kappa shape index (κ3) is 3.71. The first kappa shape index (κ1) is 8.15. The standard InChI is InChI=1S/C8H12O/c1-3-5-6-8(4-2)7-9/h3-5,7H,6H2,1-2H3/b5-3?,8-4+. The zero-order valence-electron chi connectivity index (χ0n) is 5.92. The van der Waals surface area contributed by atoms with Gasteiger partial charge in [-0.05, 0) is 25.8 Å². The first-order valence-corrected chi connectivity index (χ1v) is 3.06. The van der Waals surface area contributed by atoms with Crippen LogP contribution in [-0.4, -0.2) is 6.29 Å². The summed E-state index contributed by atoms with van der Waals surface area (Å²) in [6, 6.07) is 0. The van der Waals surface area contributed by atoms with Crippen LogP contribution < -0.4 is 0 Å². The second kappa shape index (κ2) is 5.29. The fourth-order valence-corrected chi connectivity index (χ4v) is 0.488. The summed E-state index contributed by atoms with van der Waals surface area (Å²) in [7, 11) is 0. The van der Waals surface area contributed by atoms with Crippen LogP contribution >= 0.6 is 0 Å². The summed E-state index contributed by atoms with van der Waals surface area (Å²) >= 11 is 0. The molecule has 0 amide bonds. The zero-order valence-corrected chi connectivity index (χ0v) is 5.92. The fourth-order valence-electron chi connectivity index (χ4n) is 0.488. The van der Waals surface area contributed by atoms with Crippen LogP contribution in [0.5, 0.6) is 0 Å². The van der Waals surface area contributed by atoms with Crippen molar-refractivity contribution < 1.29 is 4.79 Å². The number of rotatable bonds is 3. The maximum Gasteiger partial charge on any atom is 0.146 e. The maximum atomic E-state index is 10.1. The number of carbonyl (C=O) groups is 1. The van der Waals surface area contributed by atoms with E-state index in [2.05, 4.69) is 0 Å². The molecule has 0 unspecified atom stereocenters. The van der Waals surface area contributed by atoms with Crippen molar-refractivity contribution in [1.82, 2.24) is 0 Å². The molecule has 0 aliphatic rings. The summed E-state index contributed by atoms with van der Waals surface area (Å²) in [5, 5.41) is 0. The van der Waals surface area contributed by atoms with Gasteiger partial charge in [-0.15, -0.1) is 0 Å². The summed E-state index contributed by atoms with van der Waals surface area (Å²) < 4.78 is 0. The molecule has 0 fully saturated rings. The van der Waals surface area contributed by atoms with Gasteiger partial charge in [0.05, 0.1) is 0 Å². The van der Waals surface area contributed by atoms with Gasteiger partial charge in [-0.2, -0.15) is 0 Å². The Labute approximate surface area is 56.1 Å². The van der Waals surface area contributed by atoms with E-state index in [0.717, 1.165) is 18.3 Å². The lowest BCUT2D eigenvalue weighted by Crippen LogP contribution is -1.79. The lowest BCUT2D eigenvalue weighted by Gasteiger charge is -1.87. The van der Waals surface area contributed by atoms with Gasteiger partial charge < -0.3 is 0 Å². The van der Waals surface area contributed by atoms with Crippen molar-refractivity contribution in [1.29, 1.82) is 0 Å². The van der Waals surface area contributed by atoms with Crippen LogP contribution in [0.1, 0.15) is 20.3 Å². The van der Waals surface area contributed by atoms with Crippen molar-refractivity contribution in [3.8, 4) is 0 Å². The number of hydrogen-bond donors (Lipinski definition) is 0. The van der Waals surface area contributed by atoms with Crippen LogP contribution in [0.15, 0.2) is 23.8 Å². The zero-order chi connectivity index (χ0) is 7.11. The van der Waals surface area contributed by atoms with Crippen molar-refractivity contribution in [3.63, 3.8) is 0 Å². The number of hydrogen-bond acceptors (Lipinski definition) is 1. The summed E-state index contributed by atoms with van der Waals surface area (Å²) in [5.74, 6) is 0. The molecule has 0 atom stereocenters. The summed E-state index contributed by atoms with van der Waals surface area (Å²) in [6.07, 6.45) is 7.38. The average molecular weight is 124 g/mol. The largest absolute Gasteiger partial charge is 0.298 e. The van der Waals surface area contributed by atoms with Gasteiger partial charge >= 0.3 is 0 Å². The predicted molar refractivity (Wildman–Crippen MR) is 39.3 cm³/mol. The van der Waals surface area contributed by atoms with Crippen LogP contribution in [0.4, 0.5) is 0 Å². The molecule has 9 heavy (non-hydrogen) atoms. The smallest absolute Gasteiger partial charge is 0.146 e. The van der Waals surface area contributed by atoms with E-state index >= 15 is 0 Å². The number of carbonyl (C=O) groups excluding carboxylic acids is 1. The normalized spacial score (nSPS) is 12.4. The first-order valence-electron chi connectivity index (χ1n) is 3.06. The molecule has 0 heterocycles. The molecule has 50 valence electrons. The van der Waals surface area contributed by atoms with E-state index < -0.39 is 0 Å². The lowest BCUT2D eigenvalue weighted by atomic mass is 10.2. The van der Waals surface area contributed by atoms with Gasteiger partial charge in [-0.1, -0.05) is 18.2 Å². The second-order valence-electron chi connectivity index (χ2n) is 1.75. The van der Waals surface area contributed by atoms with Crippen LogP contribution in [0.3, 0.4) is 0 Å². The van der Waals surface area contributed by atoms with Crippen molar-refractivity contribution >= 4 is 6.29 Å². The Hall–Kier alpha value is -0.850. The molecule has 1 nitrogen and oxygen atoms in total. The van der Waals surface area contributed by atoms with E-state index in [9.17, 15) is 4.79 Å². The average Bonchev–Trinajstić information content (AvgIpc) is 1.91. The lowest BCUT2D eigenvalue weighted by molar-refractivity contribution is -0.105. The molecule has 0 aromatic carbocycles. The van der Waals surface area contributed by atoms with Gasteiger partial charge in [0.15, 0.2) is 0 Å². The highest BCUT2D eigenvalue weighted by Gasteiger charge is 1.85. The third-order valence-electron chi connectivity index (χ3n) is 1.11. The number of aldehydes is 1. The third-order valence-corrected chi connectivity index (χ3v) is 1.11. The Morgan fingerprint density at radius 2 is 2.11 bits per heavy atom. The highest BCUT2D eigenvalue weighted by Crippen LogP contribution is 1.96. The van der Waals surface area contributed by atoms with Crippen molar-refractivity contribution in [2.45, 2.75) is 20.3 Å². The minimum atomic E-state index is 0.760. The van der Waals surface area contributed by atoms with Crippen LogP contribution in [0, 0.1) is 0 Å². The van der Waals surface area contributed by atoms with Crippen LogP contribution in [0.2, 0.25) is 0 Å².